The van der Waals surface area contributed by atoms with E-state index >= 15 is 0 Å². The topological polar surface area (TPSA) is 75.7 Å². The number of benzene rings is 2. The summed E-state index contributed by atoms with van der Waals surface area (Å²) < 4.78 is 4.51. The molecule has 1 saturated heterocycles. The monoisotopic (exact) mass is 368 g/mol. The Labute approximate surface area is 154 Å². The molecule has 3 amide bonds. The van der Waals surface area contributed by atoms with Crippen molar-refractivity contribution >= 4 is 35.7 Å². The Morgan fingerprint density at radius 1 is 1.12 bits per heavy atom. The molecule has 26 heavy (non-hydrogen) atoms. The highest BCUT2D eigenvalue weighted by molar-refractivity contribution is 7.99. The zero-order chi connectivity index (χ0) is 18.5. The van der Waals surface area contributed by atoms with Crippen molar-refractivity contribution < 1.29 is 19.1 Å². The molecular weight excluding hydrogens is 352 g/mol. The van der Waals surface area contributed by atoms with Gasteiger partial charge in [0.05, 0.1) is 7.11 Å². The fraction of sp³-hybridized carbons (Fsp3) is 0.105. The average molecular weight is 368 g/mol. The Morgan fingerprint density at radius 2 is 1.81 bits per heavy atom. The maximum Gasteiger partial charge on any atom is 0.329 e. The van der Waals surface area contributed by atoms with Gasteiger partial charge in [-0.05, 0) is 29.8 Å². The number of esters is 1. The fourth-order valence-electron chi connectivity index (χ4n) is 2.37. The van der Waals surface area contributed by atoms with Gasteiger partial charge >= 0.3 is 12.0 Å². The smallest absolute Gasteiger partial charge is 0.329 e. The number of nitrogens with one attached hydrogen (secondary N) is 1. The summed E-state index contributed by atoms with van der Waals surface area (Å²) in [5.74, 6) is -1.21. The molecule has 0 radical (unpaired) electrons. The van der Waals surface area contributed by atoms with Crippen LogP contribution in [0, 0.1) is 0 Å². The lowest BCUT2D eigenvalue weighted by Gasteiger charge is -2.09. The molecule has 1 fully saturated rings. The average Bonchev–Trinajstić information content (AvgIpc) is 2.91. The van der Waals surface area contributed by atoms with E-state index in [4.69, 9.17) is 0 Å². The zero-order valence-electron chi connectivity index (χ0n) is 14.0. The van der Waals surface area contributed by atoms with Crippen LogP contribution in [-0.4, -0.2) is 36.5 Å². The Bertz CT molecular complexity index is 880. The van der Waals surface area contributed by atoms with Crippen molar-refractivity contribution in [1.82, 2.24) is 10.2 Å². The van der Waals surface area contributed by atoms with Gasteiger partial charge in [-0.15, -0.1) is 0 Å². The highest BCUT2D eigenvalue weighted by Crippen LogP contribution is 2.31. The normalized spacial score (nSPS) is 15.3. The Kier molecular flexibility index (Phi) is 5.38. The van der Waals surface area contributed by atoms with Crippen molar-refractivity contribution in [1.29, 1.82) is 0 Å². The number of carbonyl (C=O) groups excluding carboxylic acids is 3. The highest BCUT2D eigenvalue weighted by atomic mass is 32.2. The minimum Gasteiger partial charge on any atom is -0.468 e. The van der Waals surface area contributed by atoms with E-state index in [0.29, 0.717) is 0 Å². The molecule has 132 valence electrons. The van der Waals surface area contributed by atoms with Gasteiger partial charge in [0.25, 0.3) is 5.91 Å². The van der Waals surface area contributed by atoms with Gasteiger partial charge in [-0.3, -0.25) is 9.59 Å². The molecule has 2 aromatic carbocycles. The highest BCUT2D eigenvalue weighted by Gasteiger charge is 2.35. The Balaban J connectivity index is 1.85. The first-order valence-electron chi connectivity index (χ1n) is 7.82. The molecule has 6 nitrogen and oxygen atoms in total. The summed E-state index contributed by atoms with van der Waals surface area (Å²) in [6, 6.07) is 16.8. The summed E-state index contributed by atoms with van der Waals surface area (Å²) in [6.07, 6.45) is 1.61. The van der Waals surface area contributed by atoms with Gasteiger partial charge in [0.1, 0.15) is 12.2 Å². The van der Waals surface area contributed by atoms with E-state index in [1.807, 2.05) is 54.6 Å². The Morgan fingerprint density at radius 3 is 2.54 bits per heavy atom. The molecule has 0 aromatic heterocycles. The summed E-state index contributed by atoms with van der Waals surface area (Å²) in [6.45, 7) is -0.418. The molecule has 7 heteroatoms. The second kappa shape index (κ2) is 7.88. The van der Waals surface area contributed by atoms with Gasteiger partial charge in [0, 0.05) is 9.79 Å². The van der Waals surface area contributed by atoms with Crippen LogP contribution in [0.3, 0.4) is 0 Å². The van der Waals surface area contributed by atoms with E-state index in [1.165, 1.54) is 7.11 Å². The third-order valence-electron chi connectivity index (χ3n) is 3.67. The fourth-order valence-corrected chi connectivity index (χ4v) is 3.31. The number of amides is 3. The summed E-state index contributed by atoms with van der Waals surface area (Å²) in [7, 11) is 1.20. The number of urea groups is 1. The van der Waals surface area contributed by atoms with E-state index in [9.17, 15) is 14.4 Å². The number of carbonyl (C=O) groups is 3. The minimum atomic E-state index is -0.658. The second-order valence-electron chi connectivity index (χ2n) is 5.41. The van der Waals surface area contributed by atoms with Crippen molar-refractivity contribution in [2.75, 3.05) is 13.7 Å². The standard InChI is InChI=1S/C19H16N2O4S/c1-25-17(22)12-21-18(23)15(20-19(21)24)11-13-7-5-6-10-16(13)26-14-8-3-2-4-9-14/h2-11H,12H2,1H3,(H,20,24). The van der Waals surface area contributed by atoms with E-state index in [2.05, 4.69) is 10.1 Å². The number of nitrogens with zero attached hydrogens (tertiary/aromatic N) is 1. The van der Waals surface area contributed by atoms with Crippen LogP contribution in [0.1, 0.15) is 5.56 Å². The van der Waals surface area contributed by atoms with Gasteiger partial charge in [0.2, 0.25) is 0 Å². The van der Waals surface area contributed by atoms with Gasteiger partial charge in [0.15, 0.2) is 0 Å². The third-order valence-corrected chi connectivity index (χ3v) is 4.77. The molecule has 1 heterocycles. The van der Waals surface area contributed by atoms with Crippen LogP contribution in [0.5, 0.6) is 0 Å². The third kappa shape index (κ3) is 3.94. The van der Waals surface area contributed by atoms with E-state index in [1.54, 1.807) is 17.8 Å². The molecule has 0 spiro atoms. The number of rotatable bonds is 5. The molecule has 3 rings (SSSR count). The SMILES string of the molecule is COC(=O)CN1C(=O)NC(=Cc2ccccc2Sc2ccccc2)C1=O. The Hall–Kier alpha value is -3.06. The van der Waals surface area contributed by atoms with Crippen molar-refractivity contribution in [3.63, 3.8) is 0 Å². The first kappa shape index (κ1) is 17.8. The zero-order valence-corrected chi connectivity index (χ0v) is 14.8. The first-order chi connectivity index (χ1) is 12.6. The largest absolute Gasteiger partial charge is 0.468 e. The summed E-state index contributed by atoms with van der Waals surface area (Å²) >= 11 is 1.56. The van der Waals surface area contributed by atoms with Gasteiger partial charge < -0.3 is 10.1 Å². The van der Waals surface area contributed by atoms with Crippen molar-refractivity contribution in [2.24, 2.45) is 0 Å². The molecule has 0 unspecified atom stereocenters. The number of imide groups is 1. The number of ether oxygens (including phenoxy) is 1. The summed E-state index contributed by atoms with van der Waals surface area (Å²) in [5, 5.41) is 2.50. The van der Waals surface area contributed by atoms with Crippen LogP contribution in [0.25, 0.3) is 6.08 Å². The van der Waals surface area contributed by atoms with E-state index in [-0.39, 0.29) is 5.70 Å². The first-order valence-corrected chi connectivity index (χ1v) is 8.63. The number of hydrogen-bond donors (Lipinski definition) is 1. The summed E-state index contributed by atoms with van der Waals surface area (Å²) in [4.78, 5) is 38.5. The van der Waals surface area contributed by atoms with Crippen molar-refractivity contribution in [3.8, 4) is 0 Å². The molecule has 1 aliphatic heterocycles. The second-order valence-corrected chi connectivity index (χ2v) is 6.52. The minimum absolute atomic E-state index is 0.125. The van der Waals surface area contributed by atoms with Crippen LogP contribution in [0.4, 0.5) is 4.79 Å². The maximum absolute atomic E-state index is 12.4. The summed E-state index contributed by atoms with van der Waals surface area (Å²) in [5.41, 5.74) is 0.921. The molecule has 0 atom stereocenters. The number of hydrogen-bond acceptors (Lipinski definition) is 5. The molecule has 2 aromatic rings. The molecule has 1 aliphatic rings. The van der Waals surface area contributed by atoms with Gasteiger partial charge in [-0.2, -0.15) is 0 Å². The molecular formula is C19H16N2O4S. The molecule has 1 N–H and O–H groups in total. The molecule has 0 bridgehead atoms. The molecule has 0 aliphatic carbocycles. The lowest BCUT2D eigenvalue weighted by molar-refractivity contribution is -0.143. The predicted molar refractivity (Wildman–Crippen MR) is 97.2 cm³/mol. The van der Waals surface area contributed by atoms with Crippen LogP contribution in [0.2, 0.25) is 0 Å². The predicted octanol–water partition coefficient (Wildman–Crippen LogP) is 2.90. The van der Waals surface area contributed by atoms with Crippen LogP contribution in [-0.2, 0) is 14.3 Å². The van der Waals surface area contributed by atoms with Crippen molar-refractivity contribution in [3.05, 3.63) is 65.9 Å². The molecule has 0 saturated carbocycles. The van der Waals surface area contributed by atoms with Crippen LogP contribution in [0.15, 0.2) is 70.1 Å². The maximum atomic E-state index is 12.4. The van der Waals surface area contributed by atoms with Crippen LogP contribution >= 0.6 is 11.8 Å². The lowest BCUT2D eigenvalue weighted by Crippen LogP contribution is -2.36. The van der Waals surface area contributed by atoms with Crippen molar-refractivity contribution in [2.45, 2.75) is 9.79 Å². The quantitative estimate of drug-likeness (QED) is 0.499. The number of methoxy groups -OCH3 is 1. The van der Waals surface area contributed by atoms with Crippen LogP contribution < -0.4 is 5.32 Å². The van der Waals surface area contributed by atoms with Gasteiger partial charge in [-0.1, -0.05) is 48.2 Å². The van der Waals surface area contributed by atoms with E-state index < -0.39 is 24.5 Å². The lowest BCUT2D eigenvalue weighted by atomic mass is 10.2. The van der Waals surface area contributed by atoms with E-state index in [0.717, 1.165) is 20.3 Å². The van der Waals surface area contributed by atoms with Gasteiger partial charge in [-0.25, -0.2) is 9.69 Å².